The van der Waals surface area contributed by atoms with E-state index in [0.29, 0.717) is 12.6 Å². The van der Waals surface area contributed by atoms with Gasteiger partial charge in [0, 0.05) is 11.6 Å². The van der Waals surface area contributed by atoms with E-state index in [2.05, 4.69) is 10.1 Å². The largest absolute Gasteiger partial charge is 0.493 e. The molecular formula is C18H19F4N2O3+. The first-order valence-corrected chi connectivity index (χ1v) is 7.96. The maximum Gasteiger partial charge on any atom is 0.387 e. The van der Waals surface area contributed by atoms with Gasteiger partial charge in [0.15, 0.2) is 18.0 Å². The lowest BCUT2D eigenvalue weighted by Gasteiger charge is -2.16. The molecule has 146 valence electrons. The van der Waals surface area contributed by atoms with Crippen LogP contribution in [-0.2, 0) is 11.3 Å². The number of alkyl halides is 2. The van der Waals surface area contributed by atoms with Crippen LogP contribution >= 0.6 is 0 Å². The molecule has 0 aliphatic carbocycles. The highest BCUT2D eigenvalue weighted by Crippen LogP contribution is 2.29. The molecule has 1 unspecified atom stereocenters. The van der Waals surface area contributed by atoms with Gasteiger partial charge in [0.05, 0.1) is 19.8 Å². The number of amides is 1. The van der Waals surface area contributed by atoms with Crippen molar-refractivity contribution in [3.05, 3.63) is 53.6 Å². The van der Waals surface area contributed by atoms with Gasteiger partial charge in [0.1, 0.15) is 18.2 Å². The average molecular weight is 387 g/mol. The highest BCUT2D eigenvalue weighted by atomic mass is 19.3. The topological polar surface area (TPSA) is 52.0 Å². The van der Waals surface area contributed by atoms with Gasteiger partial charge in [-0.05, 0) is 30.3 Å². The fraction of sp³-hybridized carbons (Fsp3) is 0.278. The molecule has 2 aromatic rings. The summed E-state index contributed by atoms with van der Waals surface area (Å²) in [4.78, 5) is 12.8. The molecule has 2 rings (SSSR count). The quantitative estimate of drug-likeness (QED) is 0.683. The summed E-state index contributed by atoms with van der Waals surface area (Å²) >= 11 is 0. The number of ether oxygens (including phenoxy) is 2. The zero-order valence-corrected chi connectivity index (χ0v) is 14.7. The molecule has 5 nitrogen and oxygen atoms in total. The lowest BCUT2D eigenvalue weighted by atomic mass is 10.2. The van der Waals surface area contributed by atoms with Crippen molar-refractivity contribution in [3.8, 4) is 11.5 Å². The molecule has 0 aromatic heterocycles. The highest BCUT2D eigenvalue weighted by Gasteiger charge is 2.16. The Balaban J connectivity index is 1.96. The van der Waals surface area contributed by atoms with Crippen molar-refractivity contribution < 1.29 is 36.7 Å². The van der Waals surface area contributed by atoms with Gasteiger partial charge < -0.3 is 19.7 Å². The lowest BCUT2D eigenvalue weighted by molar-refractivity contribution is -0.885. The second-order valence-corrected chi connectivity index (χ2v) is 5.85. The third-order valence-corrected chi connectivity index (χ3v) is 3.62. The molecule has 1 atom stereocenters. The first kappa shape index (κ1) is 20.5. The van der Waals surface area contributed by atoms with Crippen LogP contribution in [0.15, 0.2) is 36.4 Å². The number of methoxy groups -OCH3 is 1. The minimum atomic E-state index is -2.96. The van der Waals surface area contributed by atoms with Gasteiger partial charge in [-0.25, -0.2) is 8.78 Å². The summed E-state index contributed by atoms with van der Waals surface area (Å²) < 4.78 is 60.5. The minimum absolute atomic E-state index is 0.00835. The number of carbonyl (C=O) groups is 1. The van der Waals surface area contributed by atoms with Gasteiger partial charge in [-0.3, -0.25) is 4.79 Å². The SMILES string of the molecule is COc1cc(C[NH+](C)CC(=O)Nc2ccc(F)cc2F)ccc1OC(F)F. The van der Waals surface area contributed by atoms with Gasteiger partial charge in [0.2, 0.25) is 0 Å². The predicted octanol–water partition coefficient (Wildman–Crippen LogP) is 2.23. The Kier molecular flexibility index (Phi) is 7.00. The number of hydrogen-bond donors (Lipinski definition) is 2. The van der Waals surface area contributed by atoms with Crippen molar-refractivity contribution >= 4 is 11.6 Å². The van der Waals surface area contributed by atoms with Crippen molar-refractivity contribution in [1.29, 1.82) is 0 Å². The number of halogens is 4. The van der Waals surface area contributed by atoms with Crippen molar-refractivity contribution in [2.75, 3.05) is 26.0 Å². The Labute approximate surface area is 153 Å². The average Bonchev–Trinajstić information content (AvgIpc) is 2.58. The first-order valence-electron chi connectivity index (χ1n) is 7.96. The zero-order valence-electron chi connectivity index (χ0n) is 14.7. The molecule has 0 aliphatic rings. The van der Waals surface area contributed by atoms with Gasteiger partial charge in [-0.15, -0.1) is 0 Å². The van der Waals surface area contributed by atoms with Crippen LogP contribution in [-0.4, -0.2) is 33.2 Å². The molecular weight excluding hydrogens is 368 g/mol. The van der Waals surface area contributed by atoms with Crippen molar-refractivity contribution in [1.82, 2.24) is 0 Å². The van der Waals surface area contributed by atoms with E-state index in [4.69, 9.17) is 4.74 Å². The number of hydrogen-bond acceptors (Lipinski definition) is 3. The smallest absolute Gasteiger partial charge is 0.387 e. The molecule has 0 saturated heterocycles. The Bertz CT molecular complexity index is 802. The van der Waals surface area contributed by atoms with Crippen LogP contribution in [0.25, 0.3) is 0 Å². The van der Waals surface area contributed by atoms with Crippen LogP contribution in [0.3, 0.4) is 0 Å². The van der Waals surface area contributed by atoms with Gasteiger partial charge >= 0.3 is 6.61 Å². The second kappa shape index (κ2) is 9.22. The summed E-state index contributed by atoms with van der Waals surface area (Å²) in [7, 11) is 3.06. The molecule has 2 N–H and O–H groups in total. The number of rotatable bonds is 8. The van der Waals surface area contributed by atoms with Crippen molar-refractivity contribution in [2.24, 2.45) is 0 Å². The number of nitrogens with one attached hydrogen (secondary N) is 2. The van der Waals surface area contributed by atoms with Crippen LogP contribution in [0.4, 0.5) is 23.2 Å². The Morgan fingerprint density at radius 2 is 1.89 bits per heavy atom. The first-order chi connectivity index (χ1) is 12.8. The van der Waals surface area contributed by atoms with E-state index in [0.717, 1.165) is 22.6 Å². The molecule has 0 saturated carbocycles. The van der Waals surface area contributed by atoms with E-state index in [9.17, 15) is 22.4 Å². The molecule has 1 amide bonds. The standard InChI is InChI=1S/C18H18F4N2O3/c1-24(10-17(25)23-14-5-4-12(19)8-13(14)20)9-11-3-6-15(27-18(21)22)16(7-11)26-2/h3-8,18H,9-10H2,1-2H3,(H,23,25)/p+1. The molecule has 2 aromatic carbocycles. The van der Waals surface area contributed by atoms with E-state index in [-0.39, 0.29) is 23.7 Å². The lowest BCUT2D eigenvalue weighted by Crippen LogP contribution is -3.08. The highest BCUT2D eigenvalue weighted by molar-refractivity contribution is 5.91. The van der Waals surface area contributed by atoms with Crippen LogP contribution in [0.5, 0.6) is 11.5 Å². The summed E-state index contributed by atoms with van der Waals surface area (Å²) in [5.41, 5.74) is 0.621. The van der Waals surface area contributed by atoms with Crippen molar-refractivity contribution in [3.63, 3.8) is 0 Å². The normalized spacial score (nSPS) is 12.0. The van der Waals surface area contributed by atoms with E-state index in [1.807, 2.05) is 0 Å². The maximum atomic E-state index is 13.6. The van der Waals surface area contributed by atoms with E-state index in [1.165, 1.54) is 13.2 Å². The van der Waals surface area contributed by atoms with Gasteiger partial charge in [-0.2, -0.15) is 8.78 Å². The number of carbonyl (C=O) groups excluding carboxylic acids is 1. The number of quaternary nitrogens is 1. The van der Waals surface area contributed by atoms with Crippen molar-refractivity contribution in [2.45, 2.75) is 13.2 Å². The summed E-state index contributed by atoms with van der Waals surface area (Å²) in [6, 6.07) is 7.36. The van der Waals surface area contributed by atoms with Crippen LogP contribution in [0, 0.1) is 11.6 Å². The Morgan fingerprint density at radius 3 is 2.52 bits per heavy atom. The van der Waals surface area contributed by atoms with Gasteiger partial charge in [0.25, 0.3) is 5.91 Å². The number of benzene rings is 2. The third kappa shape index (κ3) is 6.14. The summed E-state index contributed by atoms with van der Waals surface area (Å²) in [5, 5.41) is 2.38. The third-order valence-electron chi connectivity index (χ3n) is 3.62. The van der Waals surface area contributed by atoms with E-state index < -0.39 is 24.2 Å². The Morgan fingerprint density at radius 1 is 1.15 bits per heavy atom. The monoisotopic (exact) mass is 387 g/mol. The predicted molar refractivity (Wildman–Crippen MR) is 90.1 cm³/mol. The molecule has 0 aliphatic heterocycles. The Hall–Kier alpha value is -2.81. The molecule has 0 spiro atoms. The zero-order chi connectivity index (χ0) is 20.0. The van der Waals surface area contributed by atoms with E-state index >= 15 is 0 Å². The summed E-state index contributed by atoms with van der Waals surface area (Å²) in [5.74, 6) is -1.98. The van der Waals surface area contributed by atoms with E-state index in [1.54, 1.807) is 19.2 Å². The number of anilines is 1. The van der Waals surface area contributed by atoms with Crippen LogP contribution < -0.4 is 19.7 Å². The molecule has 0 bridgehead atoms. The molecule has 0 fully saturated rings. The van der Waals surface area contributed by atoms with Crippen LogP contribution in [0.1, 0.15) is 5.56 Å². The second-order valence-electron chi connectivity index (χ2n) is 5.85. The summed E-state index contributed by atoms with van der Waals surface area (Å²) in [6.45, 7) is -2.58. The summed E-state index contributed by atoms with van der Waals surface area (Å²) in [6.07, 6.45) is 0. The minimum Gasteiger partial charge on any atom is -0.493 e. The van der Waals surface area contributed by atoms with Crippen LogP contribution in [0.2, 0.25) is 0 Å². The molecule has 0 radical (unpaired) electrons. The fourth-order valence-electron chi connectivity index (χ4n) is 2.49. The number of likely N-dealkylation sites (N-methyl/N-ethyl adjacent to an activating group) is 1. The maximum absolute atomic E-state index is 13.6. The molecule has 9 heteroatoms. The molecule has 0 heterocycles. The molecule has 27 heavy (non-hydrogen) atoms. The fourth-order valence-corrected chi connectivity index (χ4v) is 2.49. The van der Waals surface area contributed by atoms with Gasteiger partial charge in [-0.1, -0.05) is 0 Å².